The highest BCUT2D eigenvalue weighted by Crippen LogP contribution is 1.71. The van der Waals surface area contributed by atoms with Crippen LogP contribution in [0.3, 0.4) is 0 Å². The van der Waals surface area contributed by atoms with Crippen molar-refractivity contribution in [2.45, 2.75) is 6.04 Å². The monoisotopic (exact) mass is 100 g/mol. The second-order valence-corrected chi connectivity index (χ2v) is 1.08. The molecule has 2 N–H and O–H groups in total. The number of nitrogens with two attached hydrogens (primary N) is 1. The first-order valence-electron chi connectivity index (χ1n) is 1.77. The van der Waals surface area contributed by atoms with Gasteiger partial charge in [-0.25, -0.2) is 0 Å². The summed E-state index contributed by atoms with van der Waals surface area (Å²) in [4.78, 5) is 9.62. The van der Waals surface area contributed by atoms with E-state index in [1.807, 2.05) is 0 Å². The minimum Gasteiger partial charge on any atom is -0.548 e. The Labute approximate surface area is 41.4 Å². The molecule has 1 atom stereocenters. The molecular weight excluding hydrogens is 94.0 g/mol. The Hall–Kier alpha value is -0.830. The van der Waals surface area contributed by atoms with E-state index in [0.717, 1.165) is 6.08 Å². The van der Waals surface area contributed by atoms with Gasteiger partial charge in [0.1, 0.15) is 0 Å². The normalized spacial score (nSPS) is 12.7. The molecule has 0 amide bonds. The number of aliphatic carboxylic acids is 1. The molecule has 0 spiro atoms. The first-order valence-corrected chi connectivity index (χ1v) is 1.77. The van der Waals surface area contributed by atoms with Gasteiger partial charge in [0.05, 0.1) is 12.0 Å². The molecule has 0 unspecified atom stereocenters. The molecule has 0 aromatic rings. The van der Waals surface area contributed by atoms with E-state index in [4.69, 9.17) is 5.73 Å². The van der Waals surface area contributed by atoms with Crippen LogP contribution in [0.2, 0.25) is 0 Å². The summed E-state index contributed by atoms with van der Waals surface area (Å²) in [7, 11) is 0. The van der Waals surface area contributed by atoms with E-state index in [1.165, 1.54) is 0 Å². The number of carboxylic acid groups (broad SMARTS) is 1. The van der Waals surface area contributed by atoms with Gasteiger partial charge in [-0.05, 0) is 0 Å². The highest BCUT2D eigenvalue weighted by molar-refractivity contribution is 5.72. The Balaban J connectivity index is 3.55. The second kappa shape index (κ2) is 2.36. The average molecular weight is 100 g/mol. The summed E-state index contributed by atoms with van der Waals surface area (Å²) in [5, 5.41) is 9.62. The molecule has 0 bridgehead atoms. The molecule has 0 aromatic carbocycles. The van der Waals surface area contributed by atoms with Crippen molar-refractivity contribution >= 4 is 5.97 Å². The highest BCUT2D eigenvalue weighted by atomic mass is 16.4. The van der Waals surface area contributed by atoms with Gasteiger partial charge in [0, 0.05) is 0 Å². The molecule has 0 saturated carbocycles. The first kappa shape index (κ1) is 6.17. The number of carbonyl (C=O) groups is 1. The third kappa shape index (κ3) is 1.94. The summed E-state index contributed by atoms with van der Waals surface area (Å²) in [5.41, 5.74) is 4.84. The van der Waals surface area contributed by atoms with Gasteiger partial charge in [0.2, 0.25) is 0 Å². The van der Waals surface area contributed by atoms with Crippen LogP contribution in [-0.2, 0) is 4.79 Å². The van der Waals surface area contributed by atoms with Gasteiger partial charge in [-0.15, -0.1) is 6.58 Å². The molecule has 3 nitrogen and oxygen atoms in total. The fraction of sp³-hybridized carbons (Fsp3) is 0.250. The topological polar surface area (TPSA) is 66.2 Å². The molecule has 0 aliphatic carbocycles. The van der Waals surface area contributed by atoms with E-state index >= 15 is 0 Å². The van der Waals surface area contributed by atoms with Gasteiger partial charge in [0.15, 0.2) is 0 Å². The molecular formula is C4H6NO2-. The molecule has 7 heavy (non-hydrogen) atoms. The van der Waals surface area contributed by atoms with Crippen LogP contribution in [0.1, 0.15) is 0 Å². The minimum atomic E-state index is -1.30. The summed E-state index contributed by atoms with van der Waals surface area (Å²) in [5.74, 6) is -1.30. The zero-order valence-corrected chi connectivity index (χ0v) is 3.76. The number of carbonyl (C=O) groups excluding carboxylic acids is 1. The summed E-state index contributed by atoms with van der Waals surface area (Å²) >= 11 is 0. The quantitative estimate of drug-likeness (QED) is 0.418. The highest BCUT2D eigenvalue weighted by Gasteiger charge is 1.91. The largest absolute Gasteiger partial charge is 0.548 e. The standard InChI is InChI=1S/C4H7NO2/c1-2-3(5)4(6)7/h2-3H,1,5H2,(H,6,7)/p-1/t3-/m0/s1. The van der Waals surface area contributed by atoms with Gasteiger partial charge < -0.3 is 15.6 Å². The molecule has 0 heterocycles. The van der Waals surface area contributed by atoms with Crippen LogP contribution in [0.25, 0.3) is 0 Å². The second-order valence-electron chi connectivity index (χ2n) is 1.08. The Morgan fingerprint density at radius 2 is 2.43 bits per heavy atom. The van der Waals surface area contributed by atoms with E-state index in [2.05, 4.69) is 6.58 Å². The smallest absolute Gasteiger partial charge is 0.0626 e. The number of hydrogen-bond acceptors (Lipinski definition) is 3. The molecule has 0 aromatic heterocycles. The number of carboxylic acids is 1. The van der Waals surface area contributed by atoms with Crippen molar-refractivity contribution in [1.82, 2.24) is 0 Å². The third-order valence-electron chi connectivity index (χ3n) is 0.526. The maximum Gasteiger partial charge on any atom is 0.0626 e. The maximum atomic E-state index is 9.62. The van der Waals surface area contributed by atoms with Crippen molar-refractivity contribution in [3.05, 3.63) is 12.7 Å². The Morgan fingerprint density at radius 1 is 2.00 bits per heavy atom. The Morgan fingerprint density at radius 3 is 2.43 bits per heavy atom. The Kier molecular flexibility index (Phi) is 2.08. The zero-order chi connectivity index (χ0) is 5.86. The lowest BCUT2D eigenvalue weighted by Gasteiger charge is -2.03. The minimum absolute atomic E-state index is 1.03. The Bertz CT molecular complexity index is 89.7. The lowest BCUT2D eigenvalue weighted by molar-refractivity contribution is -0.306. The van der Waals surface area contributed by atoms with E-state index in [9.17, 15) is 9.90 Å². The van der Waals surface area contributed by atoms with Crippen LogP contribution in [-0.4, -0.2) is 12.0 Å². The van der Waals surface area contributed by atoms with E-state index in [0.29, 0.717) is 0 Å². The molecule has 0 fully saturated rings. The van der Waals surface area contributed by atoms with Crippen LogP contribution >= 0.6 is 0 Å². The maximum absolute atomic E-state index is 9.62. The van der Waals surface area contributed by atoms with Crippen LogP contribution in [0, 0.1) is 0 Å². The van der Waals surface area contributed by atoms with Crippen LogP contribution in [0.5, 0.6) is 0 Å². The summed E-state index contributed by atoms with van der Waals surface area (Å²) in [6, 6.07) is -1.03. The van der Waals surface area contributed by atoms with E-state index in [1.54, 1.807) is 0 Å². The predicted octanol–water partition coefficient (Wildman–Crippen LogP) is -1.75. The summed E-state index contributed by atoms with van der Waals surface area (Å²) in [6.07, 6.45) is 1.11. The molecule has 3 heteroatoms. The molecule has 40 valence electrons. The zero-order valence-electron chi connectivity index (χ0n) is 3.76. The fourth-order valence-electron chi connectivity index (χ4n) is 0.0962. The summed E-state index contributed by atoms with van der Waals surface area (Å²) < 4.78 is 0. The first-order chi connectivity index (χ1) is 3.18. The lowest BCUT2D eigenvalue weighted by atomic mass is 10.3. The van der Waals surface area contributed by atoms with Crippen LogP contribution in [0.4, 0.5) is 0 Å². The molecule has 0 saturated heterocycles. The van der Waals surface area contributed by atoms with Crippen molar-refractivity contribution in [1.29, 1.82) is 0 Å². The van der Waals surface area contributed by atoms with Gasteiger partial charge in [0.25, 0.3) is 0 Å². The molecule has 0 aliphatic heterocycles. The van der Waals surface area contributed by atoms with E-state index in [-0.39, 0.29) is 0 Å². The van der Waals surface area contributed by atoms with Crippen LogP contribution in [0.15, 0.2) is 12.7 Å². The van der Waals surface area contributed by atoms with Crippen molar-refractivity contribution in [2.75, 3.05) is 0 Å². The van der Waals surface area contributed by atoms with Crippen LogP contribution < -0.4 is 10.8 Å². The van der Waals surface area contributed by atoms with Crippen molar-refractivity contribution in [2.24, 2.45) is 5.73 Å². The predicted molar refractivity (Wildman–Crippen MR) is 23.2 cm³/mol. The van der Waals surface area contributed by atoms with Gasteiger partial charge in [-0.3, -0.25) is 0 Å². The van der Waals surface area contributed by atoms with Crippen molar-refractivity contribution in [3.63, 3.8) is 0 Å². The van der Waals surface area contributed by atoms with Crippen molar-refractivity contribution < 1.29 is 9.90 Å². The van der Waals surface area contributed by atoms with E-state index < -0.39 is 12.0 Å². The molecule has 0 aliphatic rings. The summed E-state index contributed by atoms with van der Waals surface area (Å²) in [6.45, 7) is 3.14. The van der Waals surface area contributed by atoms with Gasteiger partial charge in [-0.1, -0.05) is 6.08 Å². The fourth-order valence-corrected chi connectivity index (χ4v) is 0.0962. The average Bonchev–Trinajstić information content (AvgIpc) is 1.65. The molecule has 0 rings (SSSR count). The lowest BCUT2D eigenvalue weighted by Crippen LogP contribution is -2.40. The SMILES string of the molecule is C=C[C@H](N)C(=O)[O-]. The number of hydrogen-bond donors (Lipinski definition) is 1. The van der Waals surface area contributed by atoms with Gasteiger partial charge >= 0.3 is 0 Å². The van der Waals surface area contributed by atoms with Crippen molar-refractivity contribution in [3.8, 4) is 0 Å². The number of rotatable bonds is 2. The van der Waals surface area contributed by atoms with Gasteiger partial charge in [-0.2, -0.15) is 0 Å². The third-order valence-corrected chi connectivity index (χ3v) is 0.526. The molecule has 0 radical (unpaired) electrons.